The SMILES string of the molecule is CC(C)(C)c1ccc(OP(O)Oc2ccc(C(C)(C)C)cc2C(C)(C)C)c(C(C)(C)C)c1.Cl. The molecule has 0 aliphatic rings. The second-order valence-corrected chi connectivity index (χ2v) is 13.7. The van der Waals surface area contributed by atoms with Crippen LogP contribution in [0, 0.1) is 0 Å². The van der Waals surface area contributed by atoms with Crippen LogP contribution < -0.4 is 9.05 Å². The van der Waals surface area contributed by atoms with Crippen LogP contribution in [0.5, 0.6) is 11.5 Å². The Bertz CT molecular complexity index is 864. The molecule has 2 rings (SSSR count). The standard InChI is InChI=1S/C28H43O3P.ClH/c1-25(2,3)19-13-15-23(21(17-19)27(7,8)9)30-32(29)31-24-16-14-20(26(4,5)6)18-22(24)28(10,11)12;/h13-18,29H,1-12H3;1H. The molecule has 0 atom stereocenters. The highest BCUT2D eigenvalue weighted by molar-refractivity contribution is 7.41. The maximum Gasteiger partial charge on any atom is 0.460 e. The van der Waals surface area contributed by atoms with Crippen LogP contribution in [0.15, 0.2) is 36.4 Å². The lowest BCUT2D eigenvalue weighted by atomic mass is 9.80. The minimum atomic E-state index is -2.14. The van der Waals surface area contributed by atoms with E-state index in [1.165, 1.54) is 11.1 Å². The summed E-state index contributed by atoms with van der Waals surface area (Å²) in [6.45, 7) is 26.2. The highest BCUT2D eigenvalue weighted by atomic mass is 35.5. The van der Waals surface area contributed by atoms with Crippen molar-refractivity contribution in [2.24, 2.45) is 0 Å². The van der Waals surface area contributed by atoms with Gasteiger partial charge >= 0.3 is 8.60 Å². The minimum Gasteiger partial charge on any atom is -0.418 e. The molecule has 0 unspecified atom stereocenters. The van der Waals surface area contributed by atoms with E-state index in [0.29, 0.717) is 11.5 Å². The number of benzene rings is 2. The van der Waals surface area contributed by atoms with E-state index in [4.69, 9.17) is 9.05 Å². The fourth-order valence-corrected chi connectivity index (χ4v) is 4.20. The Morgan fingerprint density at radius 2 is 0.848 bits per heavy atom. The highest BCUT2D eigenvalue weighted by Crippen LogP contribution is 2.45. The van der Waals surface area contributed by atoms with Crippen molar-refractivity contribution in [1.29, 1.82) is 0 Å². The quantitative estimate of drug-likeness (QED) is 0.431. The Hall–Kier alpha value is -1.28. The zero-order valence-electron chi connectivity index (χ0n) is 22.6. The van der Waals surface area contributed by atoms with Crippen LogP contribution in [0.25, 0.3) is 0 Å². The van der Waals surface area contributed by atoms with Gasteiger partial charge in [-0.1, -0.05) is 107 Å². The maximum atomic E-state index is 10.8. The summed E-state index contributed by atoms with van der Waals surface area (Å²) in [5, 5.41) is 0. The van der Waals surface area contributed by atoms with Crippen LogP contribution in [-0.2, 0) is 21.7 Å². The smallest absolute Gasteiger partial charge is 0.418 e. The average Bonchev–Trinajstić information content (AvgIpc) is 2.58. The molecular formula is C28H44ClO3P. The largest absolute Gasteiger partial charge is 0.460 e. The number of rotatable bonds is 4. The summed E-state index contributed by atoms with van der Waals surface area (Å²) in [4.78, 5) is 10.8. The van der Waals surface area contributed by atoms with Gasteiger partial charge < -0.3 is 13.9 Å². The molecule has 0 spiro atoms. The topological polar surface area (TPSA) is 38.7 Å². The predicted octanol–water partition coefficient (Wildman–Crippen LogP) is 8.98. The molecule has 0 saturated carbocycles. The number of hydrogen-bond donors (Lipinski definition) is 1. The van der Waals surface area contributed by atoms with Crippen molar-refractivity contribution < 1.29 is 13.9 Å². The van der Waals surface area contributed by atoms with E-state index < -0.39 is 8.60 Å². The van der Waals surface area contributed by atoms with Crippen LogP contribution in [0.3, 0.4) is 0 Å². The van der Waals surface area contributed by atoms with Gasteiger partial charge in [-0.3, -0.25) is 0 Å². The maximum absolute atomic E-state index is 10.8. The molecule has 0 aromatic heterocycles. The molecule has 2 aromatic rings. The minimum absolute atomic E-state index is 0. The summed E-state index contributed by atoms with van der Waals surface area (Å²) in [5.41, 5.74) is 4.43. The third-order valence-corrected chi connectivity index (χ3v) is 6.37. The predicted molar refractivity (Wildman–Crippen MR) is 145 cm³/mol. The monoisotopic (exact) mass is 494 g/mol. The summed E-state index contributed by atoms with van der Waals surface area (Å²) >= 11 is 0. The lowest BCUT2D eigenvalue weighted by Crippen LogP contribution is -2.18. The van der Waals surface area contributed by atoms with Crippen molar-refractivity contribution >= 4 is 21.0 Å². The molecule has 0 amide bonds. The van der Waals surface area contributed by atoms with Crippen molar-refractivity contribution in [1.82, 2.24) is 0 Å². The van der Waals surface area contributed by atoms with E-state index in [2.05, 4.69) is 107 Å². The van der Waals surface area contributed by atoms with Crippen LogP contribution in [0.1, 0.15) is 105 Å². The molecule has 0 aliphatic carbocycles. The molecule has 0 fully saturated rings. The number of halogens is 1. The van der Waals surface area contributed by atoms with Crippen LogP contribution in [0.2, 0.25) is 0 Å². The summed E-state index contributed by atoms with van der Waals surface area (Å²) in [7, 11) is -2.14. The van der Waals surface area contributed by atoms with Crippen molar-refractivity contribution in [2.75, 3.05) is 0 Å². The molecule has 0 aliphatic heterocycles. The molecule has 1 N–H and O–H groups in total. The Morgan fingerprint density at radius 3 is 1.09 bits per heavy atom. The van der Waals surface area contributed by atoms with Crippen LogP contribution in [-0.4, -0.2) is 4.89 Å². The molecule has 2 aromatic carbocycles. The Kier molecular flexibility index (Phi) is 9.15. The first-order valence-electron chi connectivity index (χ1n) is 11.4. The van der Waals surface area contributed by atoms with Gasteiger partial charge in [0.25, 0.3) is 0 Å². The van der Waals surface area contributed by atoms with Gasteiger partial charge in [0.1, 0.15) is 11.5 Å². The van der Waals surface area contributed by atoms with E-state index in [0.717, 1.165) is 11.1 Å². The molecule has 0 bridgehead atoms. The normalized spacial score (nSPS) is 13.0. The van der Waals surface area contributed by atoms with E-state index >= 15 is 0 Å². The van der Waals surface area contributed by atoms with E-state index in [1.54, 1.807) is 0 Å². The fourth-order valence-electron chi connectivity index (χ4n) is 3.51. The van der Waals surface area contributed by atoms with E-state index in [1.807, 2.05) is 12.1 Å². The first kappa shape index (κ1) is 29.8. The molecule has 0 saturated heterocycles. The third-order valence-electron chi connectivity index (χ3n) is 5.66. The molecule has 0 heterocycles. The van der Waals surface area contributed by atoms with Gasteiger partial charge in [-0.15, -0.1) is 12.4 Å². The average molecular weight is 495 g/mol. The second-order valence-electron chi connectivity index (χ2n) is 12.8. The second kappa shape index (κ2) is 10.1. The van der Waals surface area contributed by atoms with Gasteiger partial charge in [0.15, 0.2) is 0 Å². The zero-order chi connectivity index (χ0) is 24.7. The van der Waals surface area contributed by atoms with Gasteiger partial charge in [0.05, 0.1) is 0 Å². The third kappa shape index (κ3) is 7.88. The highest BCUT2D eigenvalue weighted by Gasteiger charge is 2.28. The van der Waals surface area contributed by atoms with Crippen LogP contribution in [0.4, 0.5) is 0 Å². The molecule has 3 nitrogen and oxygen atoms in total. The van der Waals surface area contributed by atoms with Crippen molar-refractivity contribution in [3.8, 4) is 11.5 Å². The molecule has 186 valence electrons. The summed E-state index contributed by atoms with van der Waals surface area (Å²) in [6, 6.07) is 12.5. The summed E-state index contributed by atoms with van der Waals surface area (Å²) in [5.74, 6) is 1.34. The van der Waals surface area contributed by atoms with Gasteiger partial charge in [-0.05, 0) is 44.9 Å². The summed E-state index contributed by atoms with van der Waals surface area (Å²) in [6.07, 6.45) is 0. The van der Waals surface area contributed by atoms with Gasteiger partial charge in [-0.2, -0.15) is 0 Å². The van der Waals surface area contributed by atoms with Crippen LogP contribution >= 0.6 is 21.0 Å². The Labute approximate surface area is 209 Å². The van der Waals surface area contributed by atoms with Crippen molar-refractivity contribution in [3.63, 3.8) is 0 Å². The lowest BCUT2D eigenvalue weighted by molar-refractivity contribution is 0.370. The van der Waals surface area contributed by atoms with Gasteiger partial charge in [0.2, 0.25) is 0 Å². The first-order chi connectivity index (χ1) is 14.3. The molecule has 33 heavy (non-hydrogen) atoms. The van der Waals surface area contributed by atoms with Crippen molar-refractivity contribution in [3.05, 3.63) is 58.7 Å². The van der Waals surface area contributed by atoms with Gasteiger partial charge in [-0.25, -0.2) is 0 Å². The van der Waals surface area contributed by atoms with Crippen molar-refractivity contribution in [2.45, 2.75) is 105 Å². The fraction of sp³-hybridized carbons (Fsp3) is 0.571. The first-order valence-corrected chi connectivity index (χ1v) is 12.6. The molecular weight excluding hydrogens is 451 g/mol. The van der Waals surface area contributed by atoms with E-state index in [9.17, 15) is 4.89 Å². The van der Waals surface area contributed by atoms with Gasteiger partial charge in [0, 0.05) is 11.1 Å². The molecule has 5 heteroatoms. The summed E-state index contributed by atoms with van der Waals surface area (Å²) < 4.78 is 12.0. The Balaban J connectivity index is 0.00000544. The van der Waals surface area contributed by atoms with E-state index in [-0.39, 0.29) is 34.1 Å². The zero-order valence-corrected chi connectivity index (χ0v) is 24.3. The molecule has 0 radical (unpaired) electrons. The number of hydrogen-bond acceptors (Lipinski definition) is 3. The lowest BCUT2D eigenvalue weighted by Gasteiger charge is -2.29. The Morgan fingerprint density at radius 1 is 0.545 bits per heavy atom.